The average Bonchev–Trinajstić information content (AvgIpc) is 3.13. The summed E-state index contributed by atoms with van der Waals surface area (Å²) in [4.78, 5) is 17.4. The summed E-state index contributed by atoms with van der Waals surface area (Å²) in [6.07, 6.45) is 0. The Bertz CT molecular complexity index is 1160. The van der Waals surface area contributed by atoms with Crippen molar-refractivity contribution in [3.05, 3.63) is 81.2 Å². The number of aromatic nitrogens is 3. The number of halogens is 2. The lowest BCUT2D eigenvalue weighted by atomic mass is 9.96. The number of carbonyl (C=O) groups is 1. The maximum Gasteiger partial charge on any atom is 0.338 e. The zero-order valence-corrected chi connectivity index (χ0v) is 19.3. The van der Waals surface area contributed by atoms with Crippen molar-refractivity contribution in [2.24, 2.45) is 0 Å². The van der Waals surface area contributed by atoms with Crippen LogP contribution in [0.15, 0.2) is 69.4 Å². The zero-order chi connectivity index (χ0) is 22.0. The molecule has 2 aromatic carbocycles. The van der Waals surface area contributed by atoms with E-state index in [9.17, 15) is 9.18 Å². The van der Waals surface area contributed by atoms with Gasteiger partial charge in [-0.05, 0) is 49.2 Å². The third kappa shape index (κ3) is 4.67. The van der Waals surface area contributed by atoms with Crippen molar-refractivity contribution in [2.75, 3.05) is 11.9 Å². The number of nitrogens with zero attached hydrogens (tertiary/aromatic N) is 3. The number of fused-ring (bicyclic) bond motifs is 1. The van der Waals surface area contributed by atoms with E-state index < -0.39 is 12.0 Å². The molecule has 9 heteroatoms. The first kappa shape index (κ1) is 21.6. The molecule has 1 unspecified atom stereocenters. The number of allylic oxidation sites excluding steroid dienone is 1. The van der Waals surface area contributed by atoms with E-state index in [4.69, 9.17) is 4.74 Å². The van der Waals surface area contributed by atoms with Crippen molar-refractivity contribution in [3.8, 4) is 0 Å². The summed E-state index contributed by atoms with van der Waals surface area (Å²) in [6.45, 7) is 3.88. The minimum Gasteiger partial charge on any atom is -0.463 e. The number of anilines is 1. The van der Waals surface area contributed by atoms with E-state index in [0.29, 0.717) is 28.1 Å². The van der Waals surface area contributed by atoms with Gasteiger partial charge in [-0.15, -0.1) is 5.10 Å². The molecule has 0 spiro atoms. The Labute approximate surface area is 192 Å². The van der Waals surface area contributed by atoms with Gasteiger partial charge in [-0.1, -0.05) is 52.0 Å². The summed E-state index contributed by atoms with van der Waals surface area (Å²) in [5, 5.41) is 8.36. The quantitative estimate of drug-likeness (QED) is 0.363. The second-order valence-electron chi connectivity index (χ2n) is 6.92. The molecular formula is C22H20BrFN4O2S. The molecule has 1 atom stereocenters. The standard InChI is InChI=1S/C22H20BrFN4O2S/c1-3-30-20(29)18-13(2)25-21-26-22(31-12-14-6-4-9-17(24)10-14)27-28(21)19(18)15-7-5-8-16(23)11-15/h4-11,19H,3,12H2,1-2H3,(H,25,26,27). The third-order valence-electron chi connectivity index (χ3n) is 4.75. The Kier molecular flexibility index (Phi) is 6.43. The molecule has 0 bridgehead atoms. The Morgan fingerprint density at radius 3 is 2.84 bits per heavy atom. The van der Waals surface area contributed by atoms with Crippen molar-refractivity contribution < 1.29 is 13.9 Å². The lowest BCUT2D eigenvalue weighted by Gasteiger charge is -2.28. The van der Waals surface area contributed by atoms with E-state index in [2.05, 4.69) is 31.3 Å². The molecule has 1 aromatic heterocycles. The van der Waals surface area contributed by atoms with E-state index in [1.165, 1.54) is 23.9 Å². The van der Waals surface area contributed by atoms with Gasteiger partial charge >= 0.3 is 5.97 Å². The molecule has 0 aliphatic carbocycles. The predicted octanol–water partition coefficient (Wildman–Crippen LogP) is 5.32. The molecule has 0 amide bonds. The van der Waals surface area contributed by atoms with Crippen LogP contribution in [0.5, 0.6) is 0 Å². The highest BCUT2D eigenvalue weighted by atomic mass is 79.9. The first-order valence-corrected chi connectivity index (χ1v) is 11.5. The molecule has 1 aliphatic heterocycles. The van der Waals surface area contributed by atoms with E-state index >= 15 is 0 Å². The lowest BCUT2D eigenvalue weighted by Crippen LogP contribution is -2.29. The topological polar surface area (TPSA) is 69.0 Å². The molecule has 3 aromatic rings. The fraction of sp³-hybridized carbons (Fsp3) is 0.227. The second-order valence-corrected chi connectivity index (χ2v) is 8.78. The summed E-state index contributed by atoms with van der Waals surface area (Å²) in [5.41, 5.74) is 2.88. The number of nitrogens with one attached hydrogen (secondary N) is 1. The zero-order valence-electron chi connectivity index (χ0n) is 16.9. The monoisotopic (exact) mass is 502 g/mol. The van der Waals surface area contributed by atoms with Gasteiger partial charge in [0.1, 0.15) is 11.9 Å². The smallest absolute Gasteiger partial charge is 0.338 e. The fourth-order valence-electron chi connectivity index (χ4n) is 3.43. The third-order valence-corrected chi connectivity index (χ3v) is 6.15. The van der Waals surface area contributed by atoms with Gasteiger partial charge in [-0.25, -0.2) is 13.9 Å². The van der Waals surface area contributed by atoms with Crippen LogP contribution in [0.2, 0.25) is 0 Å². The van der Waals surface area contributed by atoms with Gasteiger partial charge in [0.2, 0.25) is 11.1 Å². The van der Waals surface area contributed by atoms with Crippen molar-refractivity contribution >= 4 is 39.6 Å². The minimum atomic E-state index is -0.483. The number of benzene rings is 2. The predicted molar refractivity (Wildman–Crippen MR) is 121 cm³/mol. The molecule has 0 saturated carbocycles. The van der Waals surface area contributed by atoms with Gasteiger partial charge in [0.15, 0.2) is 0 Å². The Balaban J connectivity index is 1.70. The van der Waals surface area contributed by atoms with Crippen LogP contribution in [0.4, 0.5) is 10.3 Å². The number of hydrogen-bond donors (Lipinski definition) is 1. The normalized spacial score (nSPS) is 15.4. The van der Waals surface area contributed by atoms with Gasteiger partial charge in [-0.3, -0.25) is 0 Å². The molecule has 1 aliphatic rings. The van der Waals surface area contributed by atoms with Crippen molar-refractivity contribution in [3.63, 3.8) is 0 Å². The SMILES string of the molecule is CCOC(=O)C1=C(C)Nc2nc(SCc3cccc(F)c3)nn2C1c1cccc(Br)c1. The Morgan fingerprint density at radius 1 is 1.29 bits per heavy atom. The molecule has 6 nitrogen and oxygen atoms in total. The number of ether oxygens (including phenoxy) is 1. The maximum atomic E-state index is 13.5. The molecule has 31 heavy (non-hydrogen) atoms. The average molecular weight is 503 g/mol. The number of hydrogen-bond acceptors (Lipinski definition) is 6. The summed E-state index contributed by atoms with van der Waals surface area (Å²) in [6, 6.07) is 13.7. The highest BCUT2D eigenvalue weighted by molar-refractivity contribution is 9.10. The maximum absolute atomic E-state index is 13.5. The summed E-state index contributed by atoms with van der Waals surface area (Å²) in [5.74, 6) is 0.398. The Hall–Kier alpha value is -2.65. The van der Waals surface area contributed by atoms with Gasteiger partial charge in [0, 0.05) is 15.9 Å². The van der Waals surface area contributed by atoms with E-state index in [-0.39, 0.29) is 12.4 Å². The summed E-state index contributed by atoms with van der Waals surface area (Å²) >= 11 is 4.91. The van der Waals surface area contributed by atoms with Crippen LogP contribution < -0.4 is 5.32 Å². The minimum absolute atomic E-state index is 0.273. The molecule has 0 radical (unpaired) electrons. The van der Waals surface area contributed by atoms with Gasteiger partial charge < -0.3 is 10.1 Å². The van der Waals surface area contributed by atoms with Crippen molar-refractivity contribution in [2.45, 2.75) is 30.8 Å². The Morgan fingerprint density at radius 2 is 2.10 bits per heavy atom. The van der Waals surface area contributed by atoms with E-state index in [1.807, 2.05) is 37.3 Å². The molecule has 2 heterocycles. The molecule has 1 N–H and O–H groups in total. The number of rotatable bonds is 6. The van der Waals surface area contributed by atoms with Crippen molar-refractivity contribution in [1.82, 2.24) is 14.8 Å². The lowest BCUT2D eigenvalue weighted by molar-refractivity contribution is -0.139. The molecule has 0 fully saturated rings. The fourth-order valence-corrected chi connectivity index (χ4v) is 4.61. The van der Waals surface area contributed by atoms with Crippen LogP contribution in [0, 0.1) is 5.82 Å². The van der Waals surface area contributed by atoms with Crippen molar-refractivity contribution in [1.29, 1.82) is 0 Å². The molecular weight excluding hydrogens is 483 g/mol. The summed E-state index contributed by atoms with van der Waals surface area (Å²) < 4.78 is 21.4. The number of thioether (sulfide) groups is 1. The largest absolute Gasteiger partial charge is 0.463 e. The highest BCUT2D eigenvalue weighted by Crippen LogP contribution is 2.37. The van der Waals surface area contributed by atoms with Crippen LogP contribution in [-0.2, 0) is 15.3 Å². The highest BCUT2D eigenvalue weighted by Gasteiger charge is 2.35. The van der Waals surface area contributed by atoms with Gasteiger partial charge in [-0.2, -0.15) is 4.98 Å². The van der Waals surface area contributed by atoms with Gasteiger partial charge in [0.05, 0.1) is 12.2 Å². The van der Waals surface area contributed by atoms with Gasteiger partial charge in [0.25, 0.3) is 0 Å². The van der Waals surface area contributed by atoms with Crippen LogP contribution >= 0.6 is 27.7 Å². The van der Waals surface area contributed by atoms with Crippen LogP contribution in [0.1, 0.15) is 31.0 Å². The van der Waals surface area contributed by atoms with Crippen LogP contribution in [0.3, 0.4) is 0 Å². The molecule has 4 rings (SSSR count). The summed E-state index contributed by atoms with van der Waals surface area (Å²) in [7, 11) is 0. The van der Waals surface area contributed by atoms with Crippen LogP contribution in [-0.4, -0.2) is 27.3 Å². The van der Waals surface area contributed by atoms with E-state index in [0.717, 1.165) is 15.6 Å². The number of carbonyl (C=O) groups excluding carboxylic acids is 1. The molecule has 160 valence electrons. The van der Waals surface area contributed by atoms with E-state index in [1.54, 1.807) is 17.7 Å². The first-order chi connectivity index (χ1) is 15.0. The number of esters is 1. The first-order valence-electron chi connectivity index (χ1n) is 9.70. The second kappa shape index (κ2) is 9.23. The van der Waals surface area contributed by atoms with Crippen LogP contribution in [0.25, 0.3) is 0 Å². The molecule has 0 saturated heterocycles.